The van der Waals surface area contributed by atoms with Crippen LogP contribution in [0.2, 0.25) is 0 Å². The quantitative estimate of drug-likeness (QED) is 0.657. The molecule has 0 aliphatic carbocycles. The molecule has 0 radical (unpaired) electrons. The van der Waals surface area contributed by atoms with Gasteiger partial charge in [-0.15, -0.1) is 0 Å². The average molecular weight is 275 g/mol. The Labute approximate surface area is 126 Å². The second-order valence-electron chi connectivity index (χ2n) is 6.52. The first-order chi connectivity index (χ1) is 9.58. The summed E-state index contributed by atoms with van der Waals surface area (Å²) >= 11 is 0. The van der Waals surface area contributed by atoms with Gasteiger partial charge in [-0.05, 0) is 48.8 Å². The molecule has 0 amide bonds. The van der Waals surface area contributed by atoms with Crippen LogP contribution in [0.25, 0.3) is 0 Å². The van der Waals surface area contributed by atoms with Gasteiger partial charge >= 0.3 is 0 Å². The molecule has 0 bridgehead atoms. The Morgan fingerprint density at radius 3 is 2.20 bits per heavy atom. The number of hydrogen-bond acceptors (Lipinski definition) is 1. The van der Waals surface area contributed by atoms with Gasteiger partial charge in [0.2, 0.25) is 0 Å². The normalized spacial score (nSPS) is 13.2. The maximum Gasteiger partial charge on any atom is 0.00204 e. The van der Waals surface area contributed by atoms with E-state index in [-0.39, 0.29) is 0 Å². The summed E-state index contributed by atoms with van der Waals surface area (Å²) in [4.78, 5) is 0. The lowest BCUT2D eigenvalue weighted by Crippen LogP contribution is -2.27. The van der Waals surface area contributed by atoms with Gasteiger partial charge in [0.05, 0.1) is 0 Å². The average Bonchev–Trinajstić information content (AvgIpc) is 2.43. The van der Waals surface area contributed by atoms with Crippen molar-refractivity contribution in [1.29, 1.82) is 0 Å². The number of benzene rings is 1. The summed E-state index contributed by atoms with van der Waals surface area (Å²) in [5.41, 5.74) is 2.98. The summed E-state index contributed by atoms with van der Waals surface area (Å²) in [5, 5.41) is 3.66. The number of hydrogen-bond donors (Lipinski definition) is 1. The predicted molar refractivity (Wildman–Crippen MR) is 90.3 cm³/mol. The summed E-state index contributed by atoms with van der Waals surface area (Å²) < 4.78 is 0. The van der Waals surface area contributed by atoms with Gasteiger partial charge in [-0.1, -0.05) is 64.8 Å². The molecule has 0 fully saturated rings. The molecule has 20 heavy (non-hydrogen) atoms. The van der Waals surface area contributed by atoms with E-state index in [1.54, 1.807) is 0 Å². The van der Waals surface area contributed by atoms with E-state index in [2.05, 4.69) is 64.2 Å². The maximum atomic E-state index is 3.66. The van der Waals surface area contributed by atoms with Crippen molar-refractivity contribution < 1.29 is 0 Å². The first-order valence-electron chi connectivity index (χ1n) is 8.34. The van der Waals surface area contributed by atoms with E-state index in [9.17, 15) is 0 Å². The summed E-state index contributed by atoms with van der Waals surface area (Å²) in [6.07, 6.45) is 3.90. The fraction of sp³-hybridized carbons (Fsp3) is 0.684. The van der Waals surface area contributed by atoms with E-state index >= 15 is 0 Å². The SMILES string of the molecule is CCC(CC)CC(CNCC(C)C)c1ccccc1C. The van der Waals surface area contributed by atoms with Crippen molar-refractivity contribution in [2.24, 2.45) is 11.8 Å². The molecule has 0 spiro atoms. The molecule has 1 rings (SSSR count). The highest BCUT2D eigenvalue weighted by molar-refractivity contribution is 5.29. The fourth-order valence-electron chi connectivity index (χ4n) is 2.94. The molecule has 1 atom stereocenters. The number of aryl methyl sites for hydroxylation is 1. The van der Waals surface area contributed by atoms with Crippen LogP contribution in [-0.4, -0.2) is 13.1 Å². The topological polar surface area (TPSA) is 12.0 Å². The molecule has 0 aromatic heterocycles. The van der Waals surface area contributed by atoms with Crippen molar-refractivity contribution in [3.8, 4) is 0 Å². The second kappa shape index (κ2) is 9.18. The first kappa shape index (κ1) is 17.2. The largest absolute Gasteiger partial charge is 0.316 e. The molecular formula is C19H33N. The maximum absolute atomic E-state index is 3.66. The zero-order valence-corrected chi connectivity index (χ0v) is 14.1. The van der Waals surface area contributed by atoms with Crippen LogP contribution in [0, 0.1) is 18.8 Å². The van der Waals surface area contributed by atoms with Gasteiger partial charge in [0, 0.05) is 6.54 Å². The third kappa shape index (κ3) is 5.66. The van der Waals surface area contributed by atoms with Crippen LogP contribution in [-0.2, 0) is 0 Å². The molecule has 0 heterocycles. The van der Waals surface area contributed by atoms with Gasteiger partial charge < -0.3 is 5.32 Å². The standard InChI is InChI=1S/C19H33N/c1-6-17(7-2)12-18(14-20-13-15(3)4)19-11-9-8-10-16(19)5/h8-11,15,17-18,20H,6-7,12-14H2,1-5H3. The van der Waals surface area contributed by atoms with Gasteiger partial charge in [-0.3, -0.25) is 0 Å². The Bertz CT molecular complexity index is 366. The molecule has 1 aromatic rings. The Morgan fingerprint density at radius 1 is 1.00 bits per heavy atom. The fourth-order valence-corrected chi connectivity index (χ4v) is 2.94. The lowest BCUT2D eigenvalue weighted by Gasteiger charge is -2.24. The first-order valence-corrected chi connectivity index (χ1v) is 8.34. The highest BCUT2D eigenvalue weighted by Gasteiger charge is 2.17. The van der Waals surface area contributed by atoms with Crippen LogP contribution in [0.3, 0.4) is 0 Å². The van der Waals surface area contributed by atoms with Crippen LogP contribution < -0.4 is 5.32 Å². The summed E-state index contributed by atoms with van der Waals surface area (Å²) in [5.74, 6) is 2.22. The van der Waals surface area contributed by atoms with Crippen molar-refractivity contribution in [3.05, 3.63) is 35.4 Å². The predicted octanol–water partition coefficient (Wildman–Crippen LogP) is 5.15. The monoisotopic (exact) mass is 275 g/mol. The van der Waals surface area contributed by atoms with Gasteiger partial charge in [0.1, 0.15) is 0 Å². The molecule has 1 aromatic carbocycles. The van der Waals surface area contributed by atoms with Crippen LogP contribution >= 0.6 is 0 Å². The molecule has 0 saturated carbocycles. The van der Waals surface area contributed by atoms with Crippen LogP contribution in [0.5, 0.6) is 0 Å². The minimum atomic E-state index is 0.653. The molecule has 1 heteroatoms. The van der Waals surface area contributed by atoms with E-state index in [0.29, 0.717) is 5.92 Å². The highest BCUT2D eigenvalue weighted by atomic mass is 14.9. The van der Waals surface area contributed by atoms with Crippen molar-refractivity contribution in [3.63, 3.8) is 0 Å². The minimum Gasteiger partial charge on any atom is -0.316 e. The zero-order valence-electron chi connectivity index (χ0n) is 14.1. The molecule has 0 aliphatic rings. The third-order valence-corrected chi connectivity index (χ3v) is 4.34. The van der Waals surface area contributed by atoms with Crippen molar-refractivity contribution in [2.75, 3.05) is 13.1 Å². The molecular weight excluding hydrogens is 242 g/mol. The van der Waals surface area contributed by atoms with Crippen LogP contribution in [0.1, 0.15) is 64.0 Å². The van der Waals surface area contributed by atoms with E-state index in [1.807, 2.05) is 0 Å². The Morgan fingerprint density at radius 2 is 1.65 bits per heavy atom. The smallest absolute Gasteiger partial charge is 0.00204 e. The minimum absolute atomic E-state index is 0.653. The Balaban J connectivity index is 2.75. The Hall–Kier alpha value is -0.820. The van der Waals surface area contributed by atoms with Crippen molar-refractivity contribution in [2.45, 2.75) is 59.8 Å². The zero-order chi connectivity index (χ0) is 15.0. The Kier molecular flexibility index (Phi) is 7.91. The lowest BCUT2D eigenvalue weighted by atomic mass is 9.84. The van der Waals surface area contributed by atoms with E-state index < -0.39 is 0 Å². The van der Waals surface area contributed by atoms with Crippen LogP contribution in [0.15, 0.2) is 24.3 Å². The van der Waals surface area contributed by atoms with Gasteiger partial charge in [-0.25, -0.2) is 0 Å². The summed E-state index contributed by atoms with van der Waals surface area (Å²) in [7, 11) is 0. The second-order valence-corrected chi connectivity index (χ2v) is 6.52. The lowest BCUT2D eigenvalue weighted by molar-refractivity contribution is 0.392. The number of nitrogens with one attached hydrogen (secondary N) is 1. The summed E-state index contributed by atoms with van der Waals surface area (Å²) in [6.45, 7) is 13.7. The molecule has 0 aliphatic heterocycles. The van der Waals surface area contributed by atoms with Crippen molar-refractivity contribution >= 4 is 0 Å². The van der Waals surface area contributed by atoms with Crippen LogP contribution in [0.4, 0.5) is 0 Å². The summed E-state index contributed by atoms with van der Waals surface area (Å²) in [6, 6.07) is 8.90. The van der Waals surface area contributed by atoms with Gasteiger partial charge in [-0.2, -0.15) is 0 Å². The van der Waals surface area contributed by atoms with E-state index in [1.165, 1.54) is 30.4 Å². The molecule has 1 nitrogen and oxygen atoms in total. The molecule has 114 valence electrons. The molecule has 1 N–H and O–H groups in total. The third-order valence-electron chi connectivity index (χ3n) is 4.34. The van der Waals surface area contributed by atoms with E-state index in [0.717, 1.165) is 24.9 Å². The van der Waals surface area contributed by atoms with Gasteiger partial charge in [0.15, 0.2) is 0 Å². The molecule has 1 unspecified atom stereocenters. The molecule has 0 saturated heterocycles. The number of rotatable bonds is 9. The van der Waals surface area contributed by atoms with Gasteiger partial charge in [0.25, 0.3) is 0 Å². The highest BCUT2D eigenvalue weighted by Crippen LogP contribution is 2.28. The van der Waals surface area contributed by atoms with E-state index in [4.69, 9.17) is 0 Å². The van der Waals surface area contributed by atoms with Crippen molar-refractivity contribution in [1.82, 2.24) is 5.32 Å².